The van der Waals surface area contributed by atoms with E-state index in [1.165, 1.54) is 23.3 Å². The highest BCUT2D eigenvalue weighted by atomic mass is 35.5. The van der Waals surface area contributed by atoms with E-state index in [0.717, 1.165) is 16.9 Å². The lowest BCUT2D eigenvalue weighted by Gasteiger charge is -2.10. The third kappa shape index (κ3) is 4.80. The van der Waals surface area contributed by atoms with Gasteiger partial charge in [0.05, 0.1) is 18.4 Å². The van der Waals surface area contributed by atoms with Crippen LogP contribution in [0.15, 0.2) is 48.8 Å². The van der Waals surface area contributed by atoms with Crippen molar-refractivity contribution in [1.82, 2.24) is 9.78 Å². The van der Waals surface area contributed by atoms with Crippen molar-refractivity contribution in [2.24, 2.45) is 0 Å². The Bertz CT molecular complexity index is 934. The van der Waals surface area contributed by atoms with Gasteiger partial charge in [0.2, 0.25) is 0 Å². The molecule has 2 N–H and O–H groups in total. The Kier molecular flexibility index (Phi) is 5.54. The van der Waals surface area contributed by atoms with Gasteiger partial charge in [-0.25, -0.2) is 4.39 Å². The highest BCUT2D eigenvalue weighted by Gasteiger charge is 2.06. The van der Waals surface area contributed by atoms with Gasteiger partial charge < -0.3 is 10.6 Å². The summed E-state index contributed by atoms with van der Waals surface area (Å²) in [5, 5.41) is 11.4. The van der Waals surface area contributed by atoms with Crippen LogP contribution in [0.5, 0.6) is 0 Å². The minimum absolute atomic E-state index is 0.357. The Morgan fingerprint density at radius 2 is 1.81 bits per heavy atom. The molecule has 26 heavy (non-hydrogen) atoms. The molecule has 134 valence electrons. The van der Waals surface area contributed by atoms with Crippen molar-refractivity contribution in [2.45, 2.75) is 20.4 Å². The molecule has 0 spiro atoms. The number of anilines is 2. The number of nitrogens with one attached hydrogen (secondary N) is 2. The Morgan fingerprint density at radius 1 is 1.12 bits per heavy atom. The maximum absolute atomic E-state index is 13.1. The third-order valence-corrected chi connectivity index (χ3v) is 4.27. The van der Waals surface area contributed by atoms with Gasteiger partial charge >= 0.3 is 0 Å². The zero-order valence-electron chi connectivity index (χ0n) is 14.4. The molecular weight excluding hydrogens is 371 g/mol. The first kappa shape index (κ1) is 18.4. The SMILES string of the molecule is Cc1cc(C)cc(NC(=S)Nc2cnn(Cc3ccc(F)cc3Cl)c2)c1. The summed E-state index contributed by atoms with van der Waals surface area (Å²) in [6.45, 7) is 4.52. The van der Waals surface area contributed by atoms with E-state index in [1.807, 2.05) is 32.2 Å². The Labute approximate surface area is 162 Å². The first-order chi connectivity index (χ1) is 12.4. The molecule has 1 heterocycles. The molecule has 0 saturated carbocycles. The largest absolute Gasteiger partial charge is 0.332 e. The second-order valence-electron chi connectivity index (χ2n) is 6.12. The standard InChI is InChI=1S/C19H18ClFN4S/c1-12-5-13(2)7-16(6-12)23-19(26)24-17-9-22-25(11-17)10-14-3-4-15(21)8-18(14)20/h3-9,11H,10H2,1-2H3,(H2,23,24,26). The molecule has 0 saturated heterocycles. The topological polar surface area (TPSA) is 41.9 Å². The molecule has 0 unspecified atom stereocenters. The number of hydrogen-bond donors (Lipinski definition) is 2. The Hall–Kier alpha value is -2.44. The minimum Gasteiger partial charge on any atom is -0.332 e. The zero-order valence-corrected chi connectivity index (χ0v) is 16.0. The summed E-state index contributed by atoms with van der Waals surface area (Å²) in [5.74, 6) is -0.357. The molecule has 0 aliphatic carbocycles. The summed E-state index contributed by atoms with van der Waals surface area (Å²) in [6, 6.07) is 10.5. The summed E-state index contributed by atoms with van der Waals surface area (Å²) in [4.78, 5) is 0. The van der Waals surface area contributed by atoms with E-state index in [4.69, 9.17) is 23.8 Å². The maximum Gasteiger partial charge on any atom is 0.175 e. The molecule has 0 bridgehead atoms. The Morgan fingerprint density at radius 3 is 2.50 bits per heavy atom. The van der Waals surface area contributed by atoms with Crippen LogP contribution in [0.2, 0.25) is 5.02 Å². The maximum atomic E-state index is 13.1. The lowest BCUT2D eigenvalue weighted by atomic mass is 10.1. The van der Waals surface area contributed by atoms with Crippen LogP contribution in [0.3, 0.4) is 0 Å². The second-order valence-corrected chi connectivity index (χ2v) is 6.93. The fraction of sp³-hybridized carbons (Fsp3) is 0.158. The van der Waals surface area contributed by atoms with Crippen LogP contribution in [-0.4, -0.2) is 14.9 Å². The molecule has 0 atom stereocenters. The van der Waals surface area contributed by atoms with Crippen LogP contribution in [-0.2, 0) is 6.54 Å². The molecule has 0 radical (unpaired) electrons. The van der Waals surface area contributed by atoms with Crippen molar-refractivity contribution in [3.8, 4) is 0 Å². The van der Waals surface area contributed by atoms with Crippen molar-refractivity contribution >= 4 is 40.3 Å². The lowest BCUT2D eigenvalue weighted by Crippen LogP contribution is -2.18. The molecule has 2 aromatic carbocycles. The van der Waals surface area contributed by atoms with Crippen molar-refractivity contribution in [3.63, 3.8) is 0 Å². The van der Waals surface area contributed by atoms with E-state index in [-0.39, 0.29) is 5.82 Å². The van der Waals surface area contributed by atoms with Gasteiger partial charge in [0.15, 0.2) is 5.11 Å². The van der Waals surface area contributed by atoms with E-state index in [9.17, 15) is 4.39 Å². The van der Waals surface area contributed by atoms with Crippen LogP contribution in [0.1, 0.15) is 16.7 Å². The van der Waals surface area contributed by atoms with Crippen LogP contribution in [0.4, 0.5) is 15.8 Å². The molecule has 3 aromatic rings. The van der Waals surface area contributed by atoms with E-state index in [1.54, 1.807) is 16.9 Å². The van der Waals surface area contributed by atoms with E-state index in [0.29, 0.717) is 16.7 Å². The molecule has 0 amide bonds. The highest BCUT2D eigenvalue weighted by Crippen LogP contribution is 2.19. The average Bonchev–Trinajstić information content (AvgIpc) is 2.96. The summed E-state index contributed by atoms with van der Waals surface area (Å²) in [7, 11) is 0. The molecule has 4 nitrogen and oxygen atoms in total. The van der Waals surface area contributed by atoms with E-state index >= 15 is 0 Å². The predicted octanol–water partition coefficient (Wildman–Crippen LogP) is 5.15. The van der Waals surface area contributed by atoms with Gasteiger partial charge in [-0.2, -0.15) is 5.10 Å². The van der Waals surface area contributed by atoms with Crippen LogP contribution in [0.25, 0.3) is 0 Å². The van der Waals surface area contributed by atoms with Crippen LogP contribution in [0, 0.1) is 19.7 Å². The van der Waals surface area contributed by atoms with Gasteiger partial charge in [0.25, 0.3) is 0 Å². The average molecular weight is 389 g/mol. The van der Waals surface area contributed by atoms with E-state index in [2.05, 4.69) is 21.8 Å². The summed E-state index contributed by atoms with van der Waals surface area (Å²) in [5.41, 5.74) is 4.81. The van der Waals surface area contributed by atoms with Crippen molar-refractivity contribution in [3.05, 3.63) is 76.3 Å². The number of rotatable bonds is 4. The number of aromatic nitrogens is 2. The van der Waals surface area contributed by atoms with Gasteiger partial charge in [-0.05, 0) is 67.0 Å². The summed E-state index contributed by atoms with van der Waals surface area (Å²) in [6.07, 6.45) is 3.49. The number of hydrogen-bond acceptors (Lipinski definition) is 2. The first-order valence-corrected chi connectivity index (χ1v) is 8.80. The minimum atomic E-state index is -0.357. The molecule has 0 fully saturated rings. The lowest BCUT2D eigenvalue weighted by molar-refractivity contribution is 0.624. The third-order valence-electron chi connectivity index (χ3n) is 3.72. The van der Waals surface area contributed by atoms with Crippen LogP contribution >= 0.6 is 23.8 Å². The van der Waals surface area contributed by atoms with Crippen LogP contribution < -0.4 is 10.6 Å². The zero-order chi connectivity index (χ0) is 18.7. The first-order valence-electron chi connectivity index (χ1n) is 8.02. The summed E-state index contributed by atoms with van der Waals surface area (Å²) < 4.78 is 14.8. The normalized spacial score (nSPS) is 10.6. The Balaban J connectivity index is 1.63. The molecule has 3 rings (SSSR count). The number of nitrogens with zero attached hydrogens (tertiary/aromatic N) is 2. The second kappa shape index (κ2) is 7.85. The fourth-order valence-corrected chi connectivity index (χ4v) is 3.14. The monoisotopic (exact) mass is 388 g/mol. The fourth-order valence-electron chi connectivity index (χ4n) is 2.68. The van der Waals surface area contributed by atoms with Gasteiger partial charge in [-0.1, -0.05) is 23.7 Å². The molecule has 7 heteroatoms. The molecule has 0 aliphatic heterocycles. The molecular formula is C19H18ClFN4S. The van der Waals surface area contributed by atoms with Crippen molar-refractivity contribution in [2.75, 3.05) is 10.6 Å². The van der Waals surface area contributed by atoms with Gasteiger partial charge in [-0.3, -0.25) is 4.68 Å². The van der Waals surface area contributed by atoms with Gasteiger partial charge in [0, 0.05) is 16.9 Å². The number of aryl methyl sites for hydroxylation is 2. The number of thiocarbonyl (C=S) groups is 1. The predicted molar refractivity (Wildman–Crippen MR) is 108 cm³/mol. The highest BCUT2D eigenvalue weighted by molar-refractivity contribution is 7.80. The number of halogens is 2. The van der Waals surface area contributed by atoms with E-state index < -0.39 is 0 Å². The van der Waals surface area contributed by atoms with Crippen molar-refractivity contribution < 1.29 is 4.39 Å². The number of benzene rings is 2. The summed E-state index contributed by atoms with van der Waals surface area (Å²) >= 11 is 11.4. The molecule has 0 aliphatic rings. The van der Waals surface area contributed by atoms with Crippen molar-refractivity contribution in [1.29, 1.82) is 0 Å². The quantitative estimate of drug-likeness (QED) is 0.606. The van der Waals surface area contributed by atoms with Gasteiger partial charge in [-0.15, -0.1) is 0 Å². The van der Waals surface area contributed by atoms with Gasteiger partial charge in [0.1, 0.15) is 5.82 Å². The smallest absolute Gasteiger partial charge is 0.175 e. The molecule has 1 aromatic heterocycles.